The second kappa shape index (κ2) is 10.2. The first kappa shape index (κ1) is 23.3. The van der Waals surface area contributed by atoms with Crippen molar-refractivity contribution >= 4 is 21.6 Å². The van der Waals surface area contributed by atoms with Crippen LogP contribution in [0.5, 0.6) is 17.2 Å². The number of ether oxygens (including phenoxy) is 3. The van der Waals surface area contributed by atoms with E-state index in [-0.39, 0.29) is 19.2 Å². The molecule has 0 heterocycles. The Hall–Kier alpha value is -2.94. The van der Waals surface area contributed by atoms with Crippen molar-refractivity contribution in [1.82, 2.24) is 5.32 Å². The molecular weight excluding hydrogens is 408 g/mol. The minimum absolute atomic E-state index is 0.227. The fourth-order valence-corrected chi connectivity index (χ4v) is 3.61. The summed E-state index contributed by atoms with van der Waals surface area (Å²) < 4.78 is 41.8. The van der Waals surface area contributed by atoms with Crippen LogP contribution in [0, 0.1) is 6.92 Å². The molecule has 0 saturated carbocycles. The summed E-state index contributed by atoms with van der Waals surface area (Å²) in [5.74, 6) is 1.28. The molecule has 2 aromatic rings. The highest BCUT2D eigenvalue weighted by molar-refractivity contribution is 7.92. The molecule has 0 saturated heterocycles. The lowest BCUT2D eigenvalue weighted by Gasteiger charge is -2.25. The van der Waals surface area contributed by atoms with Gasteiger partial charge in [-0.3, -0.25) is 9.10 Å². The molecule has 30 heavy (non-hydrogen) atoms. The van der Waals surface area contributed by atoms with Crippen molar-refractivity contribution < 1.29 is 27.4 Å². The van der Waals surface area contributed by atoms with Gasteiger partial charge in [0.1, 0.15) is 30.4 Å². The molecule has 1 amide bonds. The van der Waals surface area contributed by atoms with Gasteiger partial charge >= 0.3 is 0 Å². The summed E-state index contributed by atoms with van der Waals surface area (Å²) in [4.78, 5) is 12.5. The van der Waals surface area contributed by atoms with Gasteiger partial charge in [0.15, 0.2) is 0 Å². The molecule has 0 aliphatic carbocycles. The van der Waals surface area contributed by atoms with Crippen molar-refractivity contribution in [2.24, 2.45) is 0 Å². The number of hydrogen-bond donors (Lipinski definition) is 1. The van der Waals surface area contributed by atoms with E-state index in [2.05, 4.69) is 5.32 Å². The van der Waals surface area contributed by atoms with Crippen LogP contribution in [0.4, 0.5) is 5.69 Å². The quantitative estimate of drug-likeness (QED) is 0.615. The van der Waals surface area contributed by atoms with Gasteiger partial charge in [-0.1, -0.05) is 6.07 Å². The first-order valence-electron chi connectivity index (χ1n) is 9.32. The second-order valence-electron chi connectivity index (χ2n) is 6.90. The Morgan fingerprint density at radius 2 is 1.70 bits per heavy atom. The van der Waals surface area contributed by atoms with E-state index in [1.165, 1.54) is 7.11 Å². The van der Waals surface area contributed by atoms with Crippen molar-refractivity contribution in [1.29, 1.82) is 0 Å². The lowest BCUT2D eigenvalue weighted by atomic mass is 10.2. The summed E-state index contributed by atoms with van der Waals surface area (Å²) in [6.07, 6.45) is 1.05. The van der Waals surface area contributed by atoms with E-state index < -0.39 is 15.9 Å². The SMILES string of the molecule is COc1ccc(OC[C@@H](C)NC(=O)CN(c2cc(C)ccc2OC)S(C)(=O)=O)cc1. The third-order valence-electron chi connectivity index (χ3n) is 4.26. The van der Waals surface area contributed by atoms with Gasteiger partial charge in [-0.15, -0.1) is 0 Å². The summed E-state index contributed by atoms with van der Waals surface area (Å²) in [5, 5.41) is 2.76. The van der Waals surface area contributed by atoms with Crippen LogP contribution >= 0.6 is 0 Å². The molecule has 0 spiro atoms. The molecule has 9 heteroatoms. The van der Waals surface area contributed by atoms with E-state index in [9.17, 15) is 13.2 Å². The minimum Gasteiger partial charge on any atom is -0.497 e. The zero-order chi connectivity index (χ0) is 22.3. The van der Waals surface area contributed by atoms with Gasteiger partial charge in [0, 0.05) is 0 Å². The lowest BCUT2D eigenvalue weighted by Crippen LogP contribution is -2.45. The molecule has 0 aliphatic rings. The zero-order valence-corrected chi connectivity index (χ0v) is 18.7. The summed E-state index contributed by atoms with van der Waals surface area (Å²) >= 11 is 0. The van der Waals surface area contributed by atoms with E-state index in [0.29, 0.717) is 17.2 Å². The van der Waals surface area contributed by atoms with Gasteiger partial charge in [-0.05, 0) is 55.8 Å². The molecule has 0 fully saturated rings. The predicted octanol–water partition coefficient (Wildman–Crippen LogP) is 2.36. The van der Waals surface area contributed by atoms with Gasteiger partial charge in [0.2, 0.25) is 15.9 Å². The topological polar surface area (TPSA) is 94.2 Å². The van der Waals surface area contributed by atoms with Crippen LogP contribution in [0.1, 0.15) is 12.5 Å². The smallest absolute Gasteiger partial charge is 0.241 e. The highest BCUT2D eigenvalue weighted by atomic mass is 32.2. The molecule has 164 valence electrons. The summed E-state index contributed by atoms with van der Waals surface area (Å²) in [7, 11) is -0.676. The molecule has 2 aromatic carbocycles. The lowest BCUT2D eigenvalue weighted by molar-refractivity contribution is -0.120. The van der Waals surface area contributed by atoms with Crippen LogP contribution in [0.15, 0.2) is 42.5 Å². The monoisotopic (exact) mass is 436 g/mol. The van der Waals surface area contributed by atoms with E-state index in [1.54, 1.807) is 56.5 Å². The van der Waals surface area contributed by atoms with Gasteiger partial charge in [0.05, 0.1) is 32.2 Å². The van der Waals surface area contributed by atoms with Gasteiger partial charge in [-0.25, -0.2) is 8.42 Å². The maximum absolute atomic E-state index is 12.5. The van der Waals surface area contributed by atoms with Crippen molar-refractivity contribution in [3.05, 3.63) is 48.0 Å². The Morgan fingerprint density at radius 1 is 1.07 bits per heavy atom. The van der Waals surface area contributed by atoms with Crippen LogP contribution in [-0.2, 0) is 14.8 Å². The Labute approximate surface area is 177 Å². The van der Waals surface area contributed by atoms with E-state index >= 15 is 0 Å². The van der Waals surface area contributed by atoms with Crippen LogP contribution in [-0.4, -0.2) is 54.0 Å². The van der Waals surface area contributed by atoms with Crippen LogP contribution in [0.2, 0.25) is 0 Å². The average molecular weight is 437 g/mol. The minimum atomic E-state index is -3.71. The summed E-state index contributed by atoms with van der Waals surface area (Å²) in [5.41, 5.74) is 1.17. The van der Waals surface area contributed by atoms with Crippen molar-refractivity contribution in [3.8, 4) is 17.2 Å². The summed E-state index contributed by atoms with van der Waals surface area (Å²) in [6.45, 7) is 3.47. The molecule has 1 atom stereocenters. The molecule has 0 unspecified atom stereocenters. The fraction of sp³-hybridized carbons (Fsp3) is 0.381. The third-order valence-corrected chi connectivity index (χ3v) is 5.38. The molecule has 0 aliphatic heterocycles. The van der Waals surface area contributed by atoms with E-state index in [4.69, 9.17) is 14.2 Å². The van der Waals surface area contributed by atoms with Crippen molar-refractivity contribution in [3.63, 3.8) is 0 Å². The number of carbonyl (C=O) groups is 1. The Kier molecular flexibility index (Phi) is 7.93. The van der Waals surface area contributed by atoms with E-state index in [1.807, 2.05) is 6.92 Å². The first-order chi connectivity index (χ1) is 14.1. The number of anilines is 1. The number of aryl methyl sites for hydroxylation is 1. The number of methoxy groups -OCH3 is 2. The van der Waals surface area contributed by atoms with Crippen LogP contribution in [0.3, 0.4) is 0 Å². The van der Waals surface area contributed by atoms with Crippen LogP contribution < -0.4 is 23.8 Å². The van der Waals surface area contributed by atoms with Gasteiger partial charge < -0.3 is 19.5 Å². The molecule has 2 rings (SSSR count). The summed E-state index contributed by atoms with van der Waals surface area (Å²) in [6, 6.07) is 11.9. The van der Waals surface area contributed by atoms with Crippen molar-refractivity contribution in [2.45, 2.75) is 19.9 Å². The number of benzene rings is 2. The van der Waals surface area contributed by atoms with E-state index in [0.717, 1.165) is 21.9 Å². The predicted molar refractivity (Wildman–Crippen MR) is 116 cm³/mol. The Balaban J connectivity index is 2.03. The largest absolute Gasteiger partial charge is 0.497 e. The van der Waals surface area contributed by atoms with Gasteiger partial charge in [0.25, 0.3) is 0 Å². The molecule has 8 nitrogen and oxygen atoms in total. The maximum atomic E-state index is 12.5. The second-order valence-corrected chi connectivity index (χ2v) is 8.81. The number of hydrogen-bond acceptors (Lipinski definition) is 6. The molecular formula is C21H28N2O6S. The molecule has 0 bridgehead atoms. The molecule has 0 radical (unpaired) electrons. The Bertz CT molecular complexity index is 960. The number of carbonyl (C=O) groups excluding carboxylic acids is 1. The highest BCUT2D eigenvalue weighted by Gasteiger charge is 2.24. The number of rotatable bonds is 10. The highest BCUT2D eigenvalue weighted by Crippen LogP contribution is 2.30. The maximum Gasteiger partial charge on any atom is 0.241 e. The molecule has 0 aromatic heterocycles. The number of nitrogens with zero attached hydrogens (tertiary/aromatic N) is 1. The average Bonchev–Trinajstić information content (AvgIpc) is 2.70. The number of sulfonamides is 1. The van der Waals surface area contributed by atoms with Crippen molar-refractivity contribution in [2.75, 3.05) is 37.9 Å². The fourth-order valence-electron chi connectivity index (χ4n) is 2.76. The Morgan fingerprint density at radius 3 is 2.27 bits per heavy atom. The normalized spacial score (nSPS) is 12.0. The van der Waals surface area contributed by atoms with Gasteiger partial charge in [-0.2, -0.15) is 0 Å². The number of amides is 1. The first-order valence-corrected chi connectivity index (χ1v) is 11.2. The zero-order valence-electron chi connectivity index (χ0n) is 17.8. The number of nitrogens with one attached hydrogen (secondary N) is 1. The third kappa shape index (κ3) is 6.55. The molecule has 1 N–H and O–H groups in total. The van der Waals surface area contributed by atoms with Crippen LogP contribution in [0.25, 0.3) is 0 Å². The standard InChI is InChI=1S/C21H28N2O6S/c1-15-6-11-20(28-4)19(12-15)23(30(5,25)26)13-21(24)22-16(2)14-29-18-9-7-17(27-3)8-10-18/h6-12,16H,13-14H2,1-5H3,(H,22,24)/t16-/m1/s1.